The Bertz CT molecular complexity index is 987. The maximum Gasteiger partial charge on any atom is 0.266 e. The molecule has 0 aromatic heterocycles. The summed E-state index contributed by atoms with van der Waals surface area (Å²) in [6.07, 6.45) is 14.3. The van der Waals surface area contributed by atoms with Crippen LogP contribution in [0.4, 0.5) is 10.1 Å². The number of hydrogen-bond acceptors (Lipinski definition) is 4. The summed E-state index contributed by atoms with van der Waals surface area (Å²) in [4.78, 5) is 20.3. The first-order valence-electron chi connectivity index (χ1n) is 12.9. The summed E-state index contributed by atoms with van der Waals surface area (Å²) in [7, 11) is 0. The Hall–Kier alpha value is -2.44. The SMILES string of the molecule is CCCCCCCCCCCCN1C(=O)/C(=C/c2ccc(CO)cc2)SC1=Nc1ccc(F)cc1. The summed E-state index contributed by atoms with van der Waals surface area (Å²) < 4.78 is 13.3. The van der Waals surface area contributed by atoms with Crippen molar-refractivity contribution in [3.05, 3.63) is 70.4 Å². The Kier molecular flexibility index (Phi) is 11.5. The Labute approximate surface area is 213 Å². The Morgan fingerprint density at radius 1 is 0.886 bits per heavy atom. The van der Waals surface area contributed by atoms with Crippen molar-refractivity contribution < 1.29 is 14.3 Å². The van der Waals surface area contributed by atoms with E-state index in [9.17, 15) is 14.3 Å². The lowest BCUT2D eigenvalue weighted by Crippen LogP contribution is -2.30. The van der Waals surface area contributed by atoms with Crippen LogP contribution in [0.5, 0.6) is 0 Å². The average Bonchev–Trinajstić information content (AvgIpc) is 3.15. The minimum absolute atomic E-state index is 0.00829. The number of amides is 1. The first-order valence-corrected chi connectivity index (χ1v) is 13.7. The first kappa shape index (κ1) is 27.2. The molecule has 2 aromatic carbocycles. The highest BCUT2D eigenvalue weighted by molar-refractivity contribution is 8.18. The van der Waals surface area contributed by atoms with Gasteiger partial charge < -0.3 is 5.11 Å². The molecule has 1 N–H and O–H groups in total. The molecule has 0 bridgehead atoms. The zero-order valence-corrected chi connectivity index (χ0v) is 21.5. The number of amidine groups is 1. The van der Waals surface area contributed by atoms with E-state index in [1.807, 2.05) is 30.3 Å². The highest BCUT2D eigenvalue weighted by Crippen LogP contribution is 2.34. The molecule has 1 fully saturated rings. The quantitative estimate of drug-likeness (QED) is 0.214. The molecule has 1 aliphatic heterocycles. The van der Waals surface area contributed by atoms with Gasteiger partial charge in [-0.25, -0.2) is 9.38 Å². The number of unbranched alkanes of at least 4 members (excludes halogenated alkanes) is 9. The lowest BCUT2D eigenvalue weighted by atomic mass is 10.1. The number of rotatable bonds is 14. The molecule has 2 aromatic rings. The van der Waals surface area contributed by atoms with E-state index >= 15 is 0 Å². The van der Waals surface area contributed by atoms with E-state index in [2.05, 4.69) is 11.9 Å². The van der Waals surface area contributed by atoms with Gasteiger partial charge in [0.05, 0.1) is 17.2 Å². The number of aliphatic hydroxyl groups excluding tert-OH is 1. The fraction of sp³-hybridized carbons (Fsp3) is 0.448. The summed E-state index contributed by atoms with van der Waals surface area (Å²) in [5.41, 5.74) is 2.36. The summed E-state index contributed by atoms with van der Waals surface area (Å²) in [5.74, 6) is -0.351. The van der Waals surface area contributed by atoms with Crippen molar-refractivity contribution in [1.82, 2.24) is 4.90 Å². The maximum atomic E-state index is 13.3. The van der Waals surface area contributed by atoms with E-state index in [4.69, 9.17) is 0 Å². The van der Waals surface area contributed by atoms with Gasteiger partial charge in [-0.15, -0.1) is 0 Å². The second kappa shape index (κ2) is 14.8. The van der Waals surface area contributed by atoms with Gasteiger partial charge in [-0.05, 0) is 59.7 Å². The van der Waals surface area contributed by atoms with Gasteiger partial charge in [-0.1, -0.05) is 89.0 Å². The summed E-state index contributed by atoms with van der Waals surface area (Å²) in [5, 5.41) is 9.89. The minimum Gasteiger partial charge on any atom is -0.392 e. The van der Waals surface area contributed by atoms with Crippen molar-refractivity contribution in [3.63, 3.8) is 0 Å². The van der Waals surface area contributed by atoms with Gasteiger partial charge in [0.15, 0.2) is 5.17 Å². The van der Waals surface area contributed by atoms with Crippen LogP contribution in [-0.4, -0.2) is 27.6 Å². The summed E-state index contributed by atoms with van der Waals surface area (Å²) in [6.45, 7) is 2.86. The fourth-order valence-corrected chi connectivity index (χ4v) is 5.07. The predicted molar refractivity (Wildman–Crippen MR) is 145 cm³/mol. The standard InChI is InChI=1S/C29H37FN2O2S/c1-2-3-4-5-6-7-8-9-10-11-20-32-28(34)27(21-23-12-14-24(22-33)15-13-23)35-29(32)31-26-18-16-25(30)17-19-26/h12-19,21,33H,2-11,20,22H2,1H3/b27-21-,31-29?. The van der Waals surface area contributed by atoms with E-state index in [1.165, 1.54) is 75.3 Å². The minimum atomic E-state index is -0.307. The maximum absolute atomic E-state index is 13.3. The largest absolute Gasteiger partial charge is 0.392 e. The van der Waals surface area contributed by atoms with Crippen LogP contribution in [0.1, 0.15) is 82.3 Å². The number of carbonyl (C=O) groups excluding carboxylic acids is 1. The third kappa shape index (κ3) is 8.93. The molecule has 1 saturated heterocycles. The normalized spacial score (nSPS) is 16.1. The van der Waals surface area contributed by atoms with Crippen LogP contribution < -0.4 is 0 Å². The van der Waals surface area contributed by atoms with Crippen LogP contribution in [0, 0.1) is 5.82 Å². The van der Waals surface area contributed by atoms with E-state index in [0.29, 0.717) is 22.3 Å². The van der Waals surface area contributed by atoms with Gasteiger partial charge in [0.25, 0.3) is 5.91 Å². The number of thioether (sulfide) groups is 1. The summed E-state index contributed by atoms with van der Waals surface area (Å²) >= 11 is 1.36. The van der Waals surface area contributed by atoms with E-state index < -0.39 is 0 Å². The molecule has 35 heavy (non-hydrogen) atoms. The lowest BCUT2D eigenvalue weighted by Gasteiger charge is -2.15. The van der Waals surface area contributed by atoms with Gasteiger partial charge in [0, 0.05) is 6.54 Å². The van der Waals surface area contributed by atoms with Crippen LogP contribution in [-0.2, 0) is 11.4 Å². The molecular formula is C29H37FN2O2S. The topological polar surface area (TPSA) is 52.9 Å². The van der Waals surface area contributed by atoms with E-state index in [1.54, 1.807) is 17.0 Å². The molecule has 6 heteroatoms. The number of halogens is 1. The van der Waals surface area contributed by atoms with Crippen LogP contribution >= 0.6 is 11.8 Å². The third-order valence-electron chi connectivity index (χ3n) is 6.13. The lowest BCUT2D eigenvalue weighted by molar-refractivity contribution is -0.122. The molecule has 1 amide bonds. The van der Waals surface area contributed by atoms with Crippen molar-refractivity contribution in [2.24, 2.45) is 4.99 Å². The molecule has 0 unspecified atom stereocenters. The smallest absolute Gasteiger partial charge is 0.266 e. The van der Waals surface area contributed by atoms with E-state index in [-0.39, 0.29) is 18.3 Å². The molecule has 1 aliphatic rings. The number of aliphatic hydroxyl groups is 1. The van der Waals surface area contributed by atoms with Crippen LogP contribution in [0.15, 0.2) is 58.4 Å². The van der Waals surface area contributed by atoms with Gasteiger partial charge in [0.1, 0.15) is 5.82 Å². The van der Waals surface area contributed by atoms with Gasteiger partial charge in [-0.2, -0.15) is 0 Å². The van der Waals surface area contributed by atoms with Crippen LogP contribution in [0.2, 0.25) is 0 Å². The number of benzene rings is 2. The molecule has 0 radical (unpaired) electrons. The molecule has 3 rings (SSSR count). The zero-order chi connectivity index (χ0) is 24.9. The Morgan fingerprint density at radius 2 is 1.49 bits per heavy atom. The number of aliphatic imine (C=N–C) groups is 1. The van der Waals surface area contributed by atoms with Gasteiger partial charge in [0.2, 0.25) is 0 Å². The summed E-state index contributed by atoms with van der Waals surface area (Å²) in [6, 6.07) is 13.5. The van der Waals surface area contributed by atoms with E-state index in [0.717, 1.165) is 24.0 Å². The molecule has 0 atom stereocenters. The Morgan fingerprint density at radius 3 is 2.09 bits per heavy atom. The molecular weight excluding hydrogens is 459 g/mol. The third-order valence-corrected chi connectivity index (χ3v) is 7.14. The highest BCUT2D eigenvalue weighted by atomic mass is 32.2. The monoisotopic (exact) mass is 496 g/mol. The van der Waals surface area contributed by atoms with Crippen molar-refractivity contribution in [2.45, 2.75) is 77.7 Å². The molecule has 0 saturated carbocycles. The van der Waals surface area contributed by atoms with Crippen molar-refractivity contribution in [1.29, 1.82) is 0 Å². The number of hydrogen-bond donors (Lipinski definition) is 1. The second-order valence-corrected chi connectivity index (χ2v) is 10.0. The second-order valence-electron chi connectivity index (χ2n) is 9.02. The Balaban J connectivity index is 1.60. The van der Waals surface area contributed by atoms with Crippen molar-refractivity contribution in [2.75, 3.05) is 6.54 Å². The molecule has 4 nitrogen and oxygen atoms in total. The predicted octanol–water partition coefficient (Wildman–Crippen LogP) is 7.84. The van der Waals surface area contributed by atoms with Crippen molar-refractivity contribution in [3.8, 4) is 0 Å². The fourth-order valence-electron chi connectivity index (χ4n) is 4.04. The average molecular weight is 497 g/mol. The van der Waals surface area contributed by atoms with Gasteiger partial charge >= 0.3 is 0 Å². The molecule has 0 spiro atoms. The molecule has 188 valence electrons. The molecule has 1 heterocycles. The zero-order valence-electron chi connectivity index (χ0n) is 20.7. The number of nitrogens with zero attached hydrogens (tertiary/aromatic N) is 2. The number of carbonyl (C=O) groups is 1. The van der Waals surface area contributed by atoms with Crippen molar-refractivity contribution >= 4 is 34.6 Å². The molecule has 0 aliphatic carbocycles. The van der Waals surface area contributed by atoms with Gasteiger partial charge in [-0.3, -0.25) is 9.69 Å². The first-order chi connectivity index (χ1) is 17.1. The van der Waals surface area contributed by atoms with Crippen LogP contribution in [0.25, 0.3) is 6.08 Å². The van der Waals surface area contributed by atoms with Crippen LogP contribution in [0.3, 0.4) is 0 Å². The highest BCUT2D eigenvalue weighted by Gasteiger charge is 2.33.